The Bertz CT molecular complexity index is 325. The van der Waals surface area contributed by atoms with Crippen molar-refractivity contribution in [2.75, 3.05) is 13.2 Å². The fraction of sp³-hybridized carbons (Fsp3) is 0.583. The molecule has 0 fully saturated rings. The molecule has 2 N–H and O–H groups in total. The number of amides is 1. The van der Waals surface area contributed by atoms with Gasteiger partial charge >= 0.3 is 6.09 Å². The number of nitrogens with one attached hydrogen (secondary N) is 1. The largest absolute Gasteiger partial charge is 0.449 e. The van der Waals surface area contributed by atoms with Crippen molar-refractivity contribution in [3.05, 3.63) is 22.4 Å². The number of carbonyl (C=O) groups excluding carboxylic acids is 1. The molecular formula is C12H19NO3S. The highest BCUT2D eigenvalue weighted by Crippen LogP contribution is 2.08. The van der Waals surface area contributed by atoms with Crippen LogP contribution in [0.5, 0.6) is 0 Å². The lowest BCUT2D eigenvalue weighted by Gasteiger charge is -2.16. The fourth-order valence-corrected chi connectivity index (χ4v) is 1.99. The van der Waals surface area contributed by atoms with Crippen LogP contribution in [-0.2, 0) is 11.2 Å². The molecule has 1 atom stereocenters. The van der Waals surface area contributed by atoms with E-state index in [1.54, 1.807) is 11.3 Å². The molecule has 96 valence electrons. The Morgan fingerprint density at radius 3 is 2.88 bits per heavy atom. The van der Waals surface area contributed by atoms with Crippen molar-refractivity contribution in [2.24, 2.45) is 5.92 Å². The smallest absolute Gasteiger partial charge is 0.407 e. The second kappa shape index (κ2) is 7.29. The third-order valence-corrected chi connectivity index (χ3v) is 2.88. The van der Waals surface area contributed by atoms with E-state index < -0.39 is 6.09 Å². The highest BCUT2D eigenvalue weighted by atomic mass is 32.1. The summed E-state index contributed by atoms with van der Waals surface area (Å²) in [6, 6.07) is 1.69. The predicted molar refractivity (Wildman–Crippen MR) is 68.2 cm³/mol. The lowest BCUT2D eigenvalue weighted by Crippen LogP contribution is -2.39. The molecule has 5 heteroatoms. The van der Waals surface area contributed by atoms with Crippen molar-refractivity contribution in [3.8, 4) is 0 Å². The first-order valence-corrected chi connectivity index (χ1v) is 6.61. The van der Waals surface area contributed by atoms with Crippen LogP contribution in [0.1, 0.15) is 19.4 Å². The van der Waals surface area contributed by atoms with Gasteiger partial charge in [-0.1, -0.05) is 13.8 Å². The van der Waals surface area contributed by atoms with Crippen LogP contribution >= 0.6 is 11.3 Å². The molecule has 1 rings (SSSR count). The SMILES string of the molecule is CC(C)COC(=O)N[C@H](CO)Cc1ccsc1. The average molecular weight is 257 g/mol. The Hall–Kier alpha value is -1.07. The number of rotatable bonds is 6. The van der Waals surface area contributed by atoms with Crippen molar-refractivity contribution in [1.82, 2.24) is 5.32 Å². The van der Waals surface area contributed by atoms with Crippen molar-refractivity contribution in [1.29, 1.82) is 0 Å². The summed E-state index contributed by atoms with van der Waals surface area (Å²) in [5.74, 6) is 0.310. The van der Waals surface area contributed by atoms with E-state index in [1.165, 1.54) is 0 Å². The van der Waals surface area contributed by atoms with Crippen LogP contribution in [0.15, 0.2) is 16.8 Å². The maximum Gasteiger partial charge on any atom is 0.407 e. The first-order chi connectivity index (χ1) is 8.11. The molecule has 1 heterocycles. The lowest BCUT2D eigenvalue weighted by atomic mass is 10.1. The summed E-state index contributed by atoms with van der Waals surface area (Å²) in [4.78, 5) is 11.4. The lowest BCUT2D eigenvalue weighted by molar-refractivity contribution is 0.123. The molecule has 4 nitrogen and oxygen atoms in total. The molecular weight excluding hydrogens is 238 g/mol. The van der Waals surface area contributed by atoms with Crippen molar-refractivity contribution < 1.29 is 14.6 Å². The third kappa shape index (κ3) is 5.70. The van der Waals surface area contributed by atoms with Crippen LogP contribution in [0.2, 0.25) is 0 Å². The number of ether oxygens (including phenoxy) is 1. The van der Waals surface area contributed by atoms with Crippen LogP contribution in [0, 0.1) is 5.92 Å². The minimum absolute atomic E-state index is 0.0906. The third-order valence-electron chi connectivity index (χ3n) is 2.15. The molecule has 1 aromatic heterocycles. The zero-order chi connectivity index (χ0) is 12.7. The van der Waals surface area contributed by atoms with E-state index in [1.807, 2.05) is 30.7 Å². The first-order valence-electron chi connectivity index (χ1n) is 5.67. The summed E-state index contributed by atoms with van der Waals surface area (Å²) in [6.45, 7) is 4.25. The maximum absolute atomic E-state index is 11.4. The van der Waals surface area contributed by atoms with E-state index in [2.05, 4.69) is 5.32 Å². The average Bonchev–Trinajstić information content (AvgIpc) is 2.78. The van der Waals surface area contributed by atoms with E-state index in [-0.39, 0.29) is 12.6 Å². The highest BCUT2D eigenvalue weighted by Gasteiger charge is 2.13. The Morgan fingerprint density at radius 1 is 1.59 bits per heavy atom. The van der Waals surface area contributed by atoms with Gasteiger partial charge in [0.15, 0.2) is 0 Å². The standard InChI is InChI=1S/C12H19NO3S/c1-9(2)7-16-12(15)13-11(6-14)5-10-3-4-17-8-10/h3-4,8-9,11,14H,5-7H2,1-2H3,(H,13,15)/t11-/m0/s1. The quantitative estimate of drug-likeness (QED) is 0.820. The molecule has 0 aliphatic carbocycles. The minimum Gasteiger partial charge on any atom is -0.449 e. The van der Waals surface area contributed by atoms with Gasteiger partial charge in [0.1, 0.15) is 0 Å². The van der Waals surface area contributed by atoms with Crippen LogP contribution in [0.3, 0.4) is 0 Å². The molecule has 0 bridgehead atoms. The number of aliphatic hydroxyl groups excluding tert-OH is 1. The summed E-state index contributed by atoms with van der Waals surface area (Å²) in [5.41, 5.74) is 1.11. The summed E-state index contributed by atoms with van der Waals surface area (Å²) in [7, 11) is 0. The summed E-state index contributed by atoms with van der Waals surface area (Å²) in [6.07, 6.45) is 0.157. The molecule has 0 aliphatic heterocycles. The molecule has 0 spiro atoms. The Kier molecular flexibility index (Phi) is 6.00. The molecule has 1 amide bonds. The normalized spacial score (nSPS) is 12.5. The van der Waals surface area contributed by atoms with Crippen LogP contribution < -0.4 is 5.32 Å². The van der Waals surface area contributed by atoms with E-state index in [4.69, 9.17) is 4.74 Å². The van der Waals surface area contributed by atoms with Crippen molar-refractivity contribution >= 4 is 17.4 Å². The number of carbonyl (C=O) groups is 1. The Balaban J connectivity index is 2.33. The topological polar surface area (TPSA) is 58.6 Å². The number of hydrogen-bond acceptors (Lipinski definition) is 4. The van der Waals surface area contributed by atoms with Crippen LogP contribution in [-0.4, -0.2) is 30.5 Å². The molecule has 0 aliphatic rings. The van der Waals surface area contributed by atoms with Gasteiger partial charge in [-0.15, -0.1) is 0 Å². The molecule has 0 radical (unpaired) electrons. The molecule has 0 saturated carbocycles. The second-order valence-corrected chi connectivity index (χ2v) is 5.13. The van der Waals surface area contributed by atoms with Crippen LogP contribution in [0.25, 0.3) is 0 Å². The van der Waals surface area contributed by atoms with Crippen molar-refractivity contribution in [2.45, 2.75) is 26.3 Å². The molecule has 17 heavy (non-hydrogen) atoms. The van der Waals surface area contributed by atoms with Gasteiger partial charge in [-0.2, -0.15) is 11.3 Å². The zero-order valence-electron chi connectivity index (χ0n) is 10.2. The van der Waals surface area contributed by atoms with Crippen LogP contribution in [0.4, 0.5) is 4.79 Å². The van der Waals surface area contributed by atoms with E-state index in [0.717, 1.165) is 5.56 Å². The Labute approximate surface area is 106 Å². The summed E-state index contributed by atoms with van der Waals surface area (Å²) >= 11 is 1.60. The van der Waals surface area contributed by atoms with Gasteiger partial charge in [-0.25, -0.2) is 4.79 Å². The van der Waals surface area contributed by atoms with E-state index in [9.17, 15) is 9.90 Å². The highest BCUT2D eigenvalue weighted by molar-refractivity contribution is 7.07. The van der Waals surface area contributed by atoms with E-state index in [0.29, 0.717) is 18.9 Å². The van der Waals surface area contributed by atoms with Gasteiger partial charge in [0.2, 0.25) is 0 Å². The van der Waals surface area contributed by atoms with Gasteiger partial charge < -0.3 is 15.2 Å². The summed E-state index contributed by atoms with van der Waals surface area (Å²) in [5, 5.41) is 15.8. The predicted octanol–water partition coefficient (Wildman–Crippen LogP) is 2.03. The Morgan fingerprint density at radius 2 is 2.35 bits per heavy atom. The number of aliphatic hydroxyl groups is 1. The molecule has 1 aromatic rings. The van der Waals surface area contributed by atoms with Gasteiger partial charge in [-0.3, -0.25) is 0 Å². The summed E-state index contributed by atoms with van der Waals surface area (Å²) < 4.78 is 5.00. The first kappa shape index (κ1) is 14.0. The van der Waals surface area contributed by atoms with Crippen molar-refractivity contribution in [3.63, 3.8) is 0 Å². The number of alkyl carbamates (subject to hydrolysis) is 1. The van der Waals surface area contributed by atoms with Gasteiger partial charge in [0, 0.05) is 0 Å². The molecule has 0 unspecified atom stereocenters. The van der Waals surface area contributed by atoms with Gasteiger partial charge in [0.25, 0.3) is 0 Å². The zero-order valence-corrected chi connectivity index (χ0v) is 11.0. The van der Waals surface area contributed by atoms with Gasteiger partial charge in [-0.05, 0) is 34.7 Å². The van der Waals surface area contributed by atoms with E-state index >= 15 is 0 Å². The maximum atomic E-state index is 11.4. The minimum atomic E-state index is -0.465. The monoisotopic (exact) mass is 257 g/mol. The second-order valence-electron chi connectivity index (χ2n) is 4.35. The molecule has 0 saturated heterocycles. The fourth-order valence-electron chi connectivity index (χ4n) is 1.31. The number of hydrogen-bond donors (Lipinski definition) is 2. The van der Waals surface area contributed by atoms with Gasteiger partial charge in [0.05, 0.1) is 19.3 Å². The molecule has 0 aromatic carbocycles. The number of thiophene rings is 1.